The van der Waals surface area contributed by atoms with Crippen LogP contribution in [0.1, 0.15) is 5.56 Å². The van der Waals surface area contributed by atoms with Gasteiger partial charge in [0.15, 0.2) is 11.0 Å². The number of hydrogen-bond acceptors (Lipinski definition) is 7. The molecule has 0 radical (unpaired) electrons. The number of nitro benzene ring substituents is 1. The van der Waals surface area contributed by atoms with E-state index >= 15 is 0 Å². The lowest BCUT2D eigenvalue weighted by Crippen LogP contribution is -2.20. The van der Waals surface area contributed by atoms with Crippen molar-refractivity contribution >= 4 is 41.2 Å². The Hall–Kier alpha value is -4.02. The summed E-state index contributed by atoms with van der Waals surface area (Å²) in [4.78, 5) is 22.7. The van der Waals surface area contributed by atoms with Crippen LogP contribution in [0.15, 0.2) is 89.1 Å². The second-order valence-corrected chi connectivity index (χ2v) is 8.30. The number of carbonyl (C=O) groups is 1. The molecule has 4 rings (SSSR count). The van der Waals surface area contributed by atoms with Gasteiger partial charge in [-0.25, -0.2) is 5.43 Å². The predicted octanol–water partition coefficient (Wildman–Crippen LogP) is 4.74. The summed E-state index contributed by atoms with van der Waals surface area (Å²) >= 11 is 7.25. The molecule has 0 aliphatic heterocycles. The van der Waals surface area contributed by atoms with Crippen LogP contribution >= 0.6 is 23.4 Å². The number of rotatable bonds is 8. The third-order valence-corrected chi connectivity index (χ3v) is 5.75. The number of hydrazone groups is 1. The molecule has 0 fully saturated rings. The summed E-state index contributed by atoms with van der Waals surface area (Å²) in [7, 11) is 0. The molecule has 0 unspecified atom stereocenters. The number of amides is 1. The fourth-order valence-corrected chi connectivity index (χ4v) is 3.89. The SMILES string of the molecule is O=C(CSc1nnc(-c2ccccc2)n1-c1ccc(Cl)cc1)N/N=C\c1cccc([N+](=O)[O-])c1. The Morgan fingerprint density at radius 1 is 1.09 bits per heavy atom. The Kier molecular flexibility index (Phi) is 7.31. The molecule has 34 heavy (non-hydrogen) atoms. The molecule has 3 aromatic carbocycles. The topological polar surface area (TPSA) is 115 Å². The van der Waals surface area contributed by atoms with Crippen LogP contribution in [0.25, 0.3) is 17.1 Å². The van der Waals surface area contributed by atoms with Crippen molar-refractivity contribution in [3.05, 3.63) is 99.6 Å². The zero-order valence-electron chi connectivity index (χ0n) is 17.5. The van der Waals surface area contributed by atoms with Gasteiger partial charge >= 0.3 is 0 Å². The lowest BCUT2D eigenvalue weighted by atomic mass is 10.2. The van der Waals surface area contributed by atoms with Crippen LogP contribution in [-0.4, -0.2) is 37.6 Å². The second kappa shape index (κ2) is 10.7. The Bertz CT molecular complexity index is 1340. The van der Waals surface area contributed by atoms with Gasteiger partial charge in [-0.3, -0.25) is 19.5 Å². The van der Waals surface area contributed by atoms with Crippen LogP contribution in [0, 0.1) is 10.1 Å². The number of aromatic nitrogens is 3. The van der Waals surface area contributed by atoms with E-state index in [4.69, 9.17) is 11.6 Å². The van der Waals surface area contributed by atoms with E-state index in [-0.39, 0.29) is 17.3 Å². The lowest BCUT2D eigenvalue weighted by Gasteiger charge is -2.10. The van der Waals surface area contributed by atoms with Gasteiger partial charge in [0.2, 0.25) is 0 Å². The first-order valence-electron chi connectivity index (χ1n) is 9.97. The maximum atomic E-state index is 12.3. The minimum atomic E-state index is -0.493. The molecule has 0 saturated carbocycles. The molecule has 0 aliphatic carbocycles. The van der Waals surface area contributed by atoms with Gasteiger partial charge < -0.3 is 0 Å². The van der Waals surface area contributed by atoms with Crippen LogP contribution < -0.4 is 5.43 Å². The van der Waals surface area contributed by atoms with E-state index in [0.29, 0.717) is 21.6 Å². The first kappa shape index (κ1) is 23.1. The highest BCUT2D eigenvalue weighted by Gasteiger charge is 2.17. The van der Waals surface area contributed by atoms with Gasteiger partial charge in [-0.05, 0) is 24.3 Å². The molecule has 1 aromatic heterocycles. The van der Waals surface area contributed by atoms with Crippen molar-refractivity contribution in [2.75, 3.05) is 5.75 Å². The highest BCUT2D eigenvalue weighted by Crippen LogP contribution is 2.28. The van der Waals surface area contributed by atoms with E-state index in [0.717, 1.165) is 11.3 Å². The summed E-state index contributed by atoms with van der Waals surface area (Å²) in [6.07, 6.45) is 1.35. The quantitative estimate of drug-likeness (QED) is 0.164. The van der Waals surface area contributed by atoms with Gasteiger partial charge in [-0.2, -0.15) is 5.10 Å². The monoisotopic (exact) mass is 492 g/mol. The smallest absolute Gasteiger partial charge is 0.270 e. The summed E-state index contributed by atoms with van der Waals surface area (Å²) in [5.41, 5.74) is 4.55. The zero-order chi connectivity index (χ0) is 23.9. The van der Waals surface area contributed by atoms with Gasteiger partial charge in [0.05, 0.1) is 16.9 Å². The third-order valence-electron chi connectivity index (χ3n) is 4.57. The van der Waals surface area contributed by atoms with Crippen molar-refractivity contribution in [2.24, 2.45) is 5.10 Å². The van der Waals surface area contributed by atoms with Crippen molar-refractivity contribution in [3.8, 4) is 17.1 Å². The van der Waals surface area contributed by atoms with Crippen molar-refractivity contribution in [2.45, 2.75) is 5.16 Å². The Labute approximate surface area is 203 Å². The number of benzene rings is 3. The number of nitrogens with zero attached hydrogens (tertiary/aromatic N) is 5. The standard InChI is InChI=1S/C23H17ClN6O3S/c24-18-9-11-19(12-10-18)29-22(17-6-2-1-3-7-17)27-28-23(29)34-15-21(31)26-25-14-16-5-4-8-20(13-16)30(32)33/h1-14H,15H2,(H,26,31)/b25-14-. The van der Waals surface area contributed by atoms with Gasteiger partial charge in [-0.1, -0.05) is 65.8 Å². The fourth-order valence-electron chi connectivity index (χ4n) is 3.02. The van der Waals surface area contributed by atoms with E-state index in [2.05, 4.69) is 20.7 Å². The van der Waals surface area contributed by atoms with E-state index in [1.807, 2.05) is 47.0 Å². The molecule has 0 bridgehead atoms. The first-order chi connectivity index (χ1) is 16.5. The fraction of sp³-hybridized carbons (Fsp3) is 0.0435. The van der Waals surface area contributed by atoms with Crippen molar-refractivity contribution in [1.29, 1.82) is 0 Å². The number of halogens is 1. The number of non-ortho nitro benzene ring substituents is 1. The molecule has 11 heteroatoms. The Morgan fingerprint density at radius 2 is 1.85 bits per heavy atom. The van der Waals surface area contributed by atoms with Gasteiger partial charge in [0.25, 0.3) is 11.6 Å². The van der Waals surface area contributed by atoms with Crippen LogP contribution in [0.3, 0.4) is 0 Å². The maximum absolute atomic E-state index is 12.3. The molecular weight excluding hydrogens is 476 g/mol. The number of nitrogens with one attached hydrogen (secondary N) is 1. The van der Waals surface area contributed by atoms with Crippen molar-refractivity contribution in [1.82, 2.24) is 20.2 Å². The van der Waals surface area contributed by atoms with Crippen molar-refractivity contribution in [3.63, 3.8) is 0 Å². The molecule has 4 aromatic rings. The molecule has 0 saturated heterocycles. The van der Waals surface area contributed by atoms with E-state index in [1.54, 1.807) is 24.3 Å². The molecule has 1 heterocycles. The summed E-state index contributed by atoms with van der Waals surface area (Å²) in [6, 6.07) is 22.8. The largest absolute Gasteiger partial charge is 0.272 e. The van der Waals surface area contributed by atoms with Crippen LogP contribution in [0.5, 0.6) is 0 Å². The molecular formula is C23H17ClN6O3S. The Morgan fingerprint density at radius 3 is 2.59 bits per heavy atom. The zero-order valence-corrected chi connectivity index (χ0v) is 19.1. The summed E-state index contributed by atoms with van der Waals surface area (Å²) in [6.45, 7) is 0. The highest BCUT2D eigenvalue weighted by atomic mass is 35.5. The molecule has 0 spiro atoms. The highest BCUT2D eigenvalue weighted by molar-refractivity contribution is 7.99. The summed E-state index contributed by atoms with van der Waals surface area (Å²) in [5, 5.41) is 24.5. The molecule has 9 nitrogen and oxygen atoms in total. The average molecular weight is 493 g/mol. The van der Waals surface area contributed by atoms with Crippen LogP contribution in [-0.2, 0) is 4.79 Å². The summed E-state index contributed by atoms with van der Waals surface area (Å²) in [5.74, 6) is 0.306. The molecule has 1 amide bonds. The second-order valence-electron chi connectivity index (χ2n) is 6.92. The van der Waals surface area contributed by atoms with Gasteiger partial charge in [0.1, 0.15) is 0 Å². The van der Waals surface area contributed by atoms with E-state index in [1.165, 1.54) is 30.1 Å². The number of thioether (sulfide) groups is 1. The number of nitro groups is 1. The molecule has 1 N–H and O–H groups in total. The Balaban J connectivity index is 1.48. The molecule has 0 aliphatic rings. The minimum absolute atomic E-state index is 0.0345. The number of hydrogen-bond donors (Lipinski definition) is 1. The normalized spacial score (nSPS) is 11.0. The molecule has 170 valence electrons. The molecule has 0 atom stereocenters. The lowest BCUT2D eigenvalue weighted by molar-refractivity contribution is -0.384. The average Bonchev–Trinajstić information content (AvgIpc) is 3.28. The predicted molar refractivity (Wildman–Crippen MR) is 131 cm³/mol. The maximum Gasteiger partial charge on any atom is 0.270 e. The van der Waals surface area contributed by atoms with E-state index in [9.17, 15) is 14.9 Å². The third kappa shape index (κ3) is 5.66. The van der Waals surface area contributed by atoms with Crippen molar-refractivity contribution < 1.29 is 9.72 Å². The van der Waals surface area contributed by atoms with Crippen LogP contribution in [0.4, 0.5) is 5.69 Å². The van der Waals surface area contributed by atoms with E-state index < -0.39 is 4.92 Å². The van der Waals surface area contributed by atoms with Crippen LogP contribution in [0.2, 0.25) is 5.02 Å². The minimum Gasteiger partial charge on any atom is -0.272 e. The number of carbonyl (C=O) groups excluding carboxylic acids is 1. The van der Waals surface area contributed by atoms with Gasteiger partial charge in [0, 0.05) is 34.0 Å². The first-order valence-corrected chi connectivity index (χ1v) is 11.3. The van der Waals surface area contributed by atoms with Gasteiger partial charge in [-0.15, -0.1) is 10.2 Å². The summed E-state index contributed by atoms with van der Waals surface area (Å²) < 4.78 is 1.86.